The third-order valence-corrected chi connectivity index (χ3v) is 4.46. The summed E-state index contributed by atoms with van der Waals surface area (Å²) in [6, 6.07) is -0.510. The van der Waals surface area contributed by atoms with Gasteiger partial charge in [0.25, 0.3) is 0 Å². The highest BCUT2D eigenvalue weighted by Crippen LogP contribution is 2.22. The van der Waals surface area contributed by atoms with Gasteiger partial charge in [-0.15, -0.1) is 0 Å². The molecule has 102 valence electrons. The molecule has 1 fully saturated rings. The number of amides is 2. The van der Waals surface area contributed by atoms with E-state index in [9.17, 15) is 18.0 Å². The van der Waals surface area contributed by atoms with E-state index in [4.69, 9.17) is 5.11 Å². The number of urea groups is 1. The molecule has 1 rings (SSSR count). The maximum atomic E-state index is 11.5. The van der Waals surface area contributed by atoms with Crippen molar-refractivity contribution in [2.75, 3.05) is 18.1 Å². The standard InChI is InChI=1S/C10H16N2O5S/c1-10(4-6-18(16,17)7-10)12-9(15)11-5-2-3-8(13)14/h2-3H,4-7H2,1H3,(H,13,14)(H2,11,12,15)/b3-2+. The first-order valence-corrected chi connectivity index (χ1v) is 7.20. The first-order chi connectivity index (χ1) is 8.22. The summed E-state index contributed by atoms with van der Waals surface area (Å²) in [6.45, 7) is 1.74. The van der Waals surface area contributed by atoms with Crippen LogP contribution in [-0.4, -0.2) is 49.1 Å². The van der Waals surface area contributed by atoms with Crippen molar-refractivity contribution in [1.29, 1.82) is 0 Å². The fourth-order valence-corrected chi connectivity index (χ4v) is 3.83. The number of nitrogens with one attached hydrogen (secondary N) is 2. The van der Waals surface area contributed by atoms with E-state index in [1.165, 1.54) is 6.08 Å². The average Bonchev–Trinajstić information content (AvgIpc) is 2.47. The van der Waals surface area contributed by atoms with Crippen LogP contribution in [0.4, 0.5) is 4.79 Å². The predicted molar refractivity (Wildman–Crippen MR) is 65.0 cm³/mol. The monoisotopic (exact) mass is 276 g/mol. The largest absolute Gasteiger partial charge is 0.478 e. The van der Waals surface area contributed by atoms with Gasteiger partial charge in [0.1, 0.15) is 0 Å². The second-order valence-electron chi connectivity index (χ2n) is 4.48. The second kappa shape index (κ2) is 5.38. The highest BCUT2D eigenvalue weighted by Gasteiger charge is 2.39. The number of carboxylic acids is 1. The zero-order valence-corrected chi connectivity index (χ0v) is 10.8. The minimum absolute atomic E-state index is 0.0704. The van der Waals surface area contributed by atoms with Crippen molar-refractivity contribution in [2.24, 2.45) is 0 Å². The molecule has 0 radical (unpaired) electrons. The van der Waals surface area contributed by atoms with E-state index in [1.54, 1.807) is 6.92 Å². The van der Waals surface area contributed by atoms with Crippen molar-refractivity contribution < 1.29 is 23.1 Å². The topological polar surface area (TPSA) is 113 Å². The van der Waals surface area contributed by atoms with Crippen LogP contribution in [0, 0.1) is 0 Å². The van der Waals surface area contributed by atoms with Crippen molar-refractivity contribution >= 4 is 21.8 Å². The summed E-state index contributed by atoms with van der Waals surface area (Å²) in [7, 11) is -3.07. The Kier molecular flexibility index (Phi) is 4.33. The molecule has 0 aromatic heterocycles. The van der Waals surface area contributed by atoms with Gasteiger partial charge < -0.3 is 15.7 Å². The quantitative estimate of drug-likeness (QED) is 0.599. The SMILES string of the molecule is CC1(NC(=O)NC/C=C/C(=O)O)CCS(=O)(=O)C1. The Labute approximate surface area is 105 Å². The van der Waals surface area contributed by atoms with Crippen LogP contribution < -0.4 is 10.6 Å². The van der Waals surface area contributed by atoms with E-state index in [0.717, 1.165) is 6.08 Å². The Morgan fingerprint density at radius 3 is 2.61 bits per heavy atom. The van der Waals surface area contributed by atoms with E-state index < -0.39 is 27.4 Å². The van der Waals surface area contributed by atoms with E-state index in [2.05, 4.69) is 10.6 Å². The minimum Gasteiger partial charge on any atom is -0.478 e. The van der Waals surface area contributed by atoms with Gasteiger partial charge in [-0.2, -0.15) is 0 Å². The number of carbonyl (C=O) groups excluding carboxylic acids is 1. The molecule has 3 N–H and O–H groups in total. The summed E-state index contributed by atoms with van der Waals surface area (Å²) >= 11 is 0. The van der Waals surface area contributed by atoms with Crippen molar-refractivity contribution in [3.63, 3.8) is 0 Å². The summed E-state index contributed by atoms with van der Waals surface area (Å²) in [6.07, 6.45) is 2.59. The van der Waals surface area contributed by atoms with Crippen molar-refractivity contribution in [3.05, 3.63) is 12.2 Å². The Bertz CT molecular complexity index is 471. The first kappa shape index (κ1) is 14.5. The van der Waals surface area contributed by atoms with Gasteiger partial charge in [-0.1, -0.05) is 6.08 Å². The Balaban J connectivity index is 2.39. The molecular formula is C10H16N2O5S. The lowest BCUT2D eigenvalue weighted by Crippen LogP contribution is -2.51. The molecule has 1 aliphatic rings. The second-order valence-corrected chi connectivity index (χ2v) is 6.66. The fourth-order valence-electron chi connectivity index (χ4n) is 1.74. The molecule has 2 amide bonds. The number of carbonyl (C=O) groups is 2. The maximum Gasteiger partial charge on any atom is 0.328 e. The Morgan fingerprint density at radius 2 is 2.11 bits per heavy atom. The predicted octanol–water partition coefficient (Wildman–Crippen LogP) is -0.496. The van der Waals surface area contributed by atoms with E-state index in [1.807, 2.05) is 0 Å². The molecule has 8 heteroatoms. The number of carboxylic acid groups (broad SMARTS) is 1. The zero-order chi connectivity index (χ0) is 13.8. The zero-order valence-electron chi connectivity index (χ0n) is 9.97. The van der Waals surface area contributed by atoms with Gasteiger partial charge >= 0.3 is 12.0 Å². The van der Waals surface area contributed by atoms with Crippen molar-refractivity contribution in [1.82, 2.24) is 10.6 Å². The average molecular weight is 276 g/mol. The fraction of sp³-hybridized carbons (Fsp3) is 0.600. The summed E-state index contributed by atoms with van der Waals surface area (Å²) in [5, 5.41) is 13.3. The van der Waals surface area contributed by atoms with Crippen LogP contribution in [0.2, 0.25) is 0 Å². The summed E-state index contributed by atoms with van der Waals surface area (Å²) < 4.78 is 22.6. The van der Waals surface area contributed by atoms with E-state index in [0.29, 0.717) is 6.42 Å². The molecule has 0 aromatic rings. The maximum absolute atomic E-state index is 11.5. The van der Waals surface area contributed by atoms with E-state index >= 15 is 0 Å². The molecule has 0 aromatic carbocycles. The number of sulfone groups is 1. The molecular weight excluding hydrogens is 260 g/mol. The van der Waals surface area contributed by atoms with Crippen LogP contribution in [0.15, 0.2) is 12.2 Å². The van der Waals surface area contributed by atoms with Crippen LogP contribution in [0.25, 0.3) is 0 Å². The number of aliphatic carboxylic acids is 1. The number of hydrogen-bond acceptors (Lipinski definition) is 4. The summed E-state index contributed by atoms with van der Waals surface area (Å²) in [4.78, 5) is 21.6. The first-order valence-electron chi connectivity index (χ1n) is 5.38. The van der Waals surface area contributed by atoms with Crippen LogP contribution in [0.3, 0.4) is 0 Å². The molecule has 1 heterocycles. The van der Waals surface area contributed by atoms with Gasteiger partial charge in [0.2, 0.25) is 0 Å². The lowest BCUT2D eigenvalue weighted by molar-refractivity contribution is -0.131. The van der Waals surface area contributed by atoms with Gasteiger partial charge in [0, 0.05) is 12.6 Å². The molecule has 1 atom stereocenters. The van der Waals surface area contributed by atoms with Crippen molar-refractivity contribution in [3.8, 4) is 0 Å². The van der Waals surface area contributed by atoms with Gasteiger partial charge in [-0.05, 0) is 13.3 Å². The smallest absolute Gasteiger partial charge is 0.328 e. The molecule has 0 bridgehead atoms. The number of hydrogen-bond donors (Lipinski definition) is 3. The molecule has 1 unspecified atom stereocenters. The summed E-state index contributed by atoms with van der Waals surface area (Å²) in [5.41, 5.74) is -0.751. The van der Waals surface area contributed by atoms with Crippen LogP contribution in [0.1, 0.15) is 13.3 Å². The van der Waals surface area contributed by atoms with E-state index in [-0.39, 0.29) is 18.1 Å². The van der Waals surface area contributed by atoms with Crippen LogP contribution in [0.5, 0.6) is 0 Å². The molecule has 0 aliphatic carbocycles. The van der Waals surface area contributed by atoms with Crippen LogP contribution in [-0.2, 0) is 14.6 Å². The van der Waals surface area contributed by atoms with Gasteiger partial charge in [-0.25, -0.2) is 18.0 Å². The molecule has 1 saturated heterocycles. The summed E-state index contributed by atoms with van der Waals surface area (Å²) in [5.74, 6) is -1.09. The van der Waals surface area contributed by atoms with Gasteiger partial charge in [0.05, 0.1) is 17.0 Å². The lowest BCUT2D eigenvalue weighted by atomic mass is 10.0. The third kappa shape index (κ3) is 4.74. The molecule has 0 saturated carbocycles. The Hall–Kier alpha value is -1.57. The molecule has 18 heavy (non-hydrogen) atoms. The third-order valence-electron chi connectivity index (χ3n) is 2.56. The lowest BCUT2D eigenvalue weighted by Gasteiger charge is -2.23. The van der Waals surface area contributed by atoms with Gasteiger partial charge in [-0.3, -0.25) is 0 Å². The van der Waals surface area contributed by atoms with Crippen LogP contribution >= 0.6 is 0 Å². The minimum atomic E-state index is -3.07. The highest BCUT2D eigenvalue weighted by atomic mass is 32.2. The number of rotatable bonds is 4. The van der Waals surface area contributed by atoms with Crippen molar-refractivity contribution in [2.45, 2.75) is 18.9 Å². The Morgan fingerprint density at radius 1 is 1.44 bits per heavy atom. The van der Waals surface area contributed by atoms with Gasteiger partial charge in [0.15, 0.2) is 9.84 Å². The normalized spacial score (nSPS) is 26.1. The molecule has 0 spiro atoms. The molecule has 1 aliphatic heterocycles. The highest BCUT2D eigenvalue weighted by molar-refractivity contribution is 7.91. The molecule has 7 nitrogen and oxygen atoms in total.